The number of anilines is 1. The Hall–Kier alpha value is -2.44. The van der Waals surface area contributed by atoms with Crippen LogP contribution in [0.1, 0.15) is 33.8 Å². The van der Waals surface area contributed by atoms with Crippen molar-refractivity contribution in [2.75, 3.05) is 25.0 Å². The van der Waals surface area contributed by atoms with Crippen LogP contribution < -0.4 is 4.90 Å². The Kier molecular flexibility index (Phi) is 4.40. The molecule has 0 saturated carbocycles. The van der Waals surface area contributed by atoms with Gasteiger partial charge in [0.15, 0.2) is 0 Å². The van der Waals surface area contributed by atoms with Gasteiger partial charge in [0.2, 0.25) is 0 Å². The Bertz CT molecular complexity index is 946. The number of likely N-dealkylation sites (tertiary alicyclic amines) is 1. The first-order valence-electron chi connectivity index (χ1n) is 8.93. The maximum absolute atomic E-state index is 13.4. The van der Waals surface area contributed by atoms with Gasteiger partial charge in [-0.15, -0.1) is 0 Å². The van der Waals surface area contributed by atoms with Crippen molar-refractivity contribution < 1.29 is 9.72 Å². The molecular formula is C20H20ClN3O3. The number of nitrogens with zero attached hydrogens (tertiary/aromatic N) is 3. The summed E-state index contributed by atoms with van der Waals surface area (Å²) in [5, 5.41) is 11.2. The highest BCUT2D eigenvalue weighted by Crippen LogP contribution is 2.45. The van der Waals surface area contributed by atoms with E-state index in [2.05, 4.69) is 24.9 Å². The van der Waals surface area contributed by atoms with Crippen LogP contribution in [-0.2, 0) is 0 Å². The summed E-state index contributed by atoms with van der Waals surface area (Å²) >= 11 is 5.91. The third-order valence-corrected chi connectivity index (χ3v) is 5.88. The van der Waals surface area contributed by atoms with Crippen LogP contribution in [-0.4, -0.2) is 41.9 Å². The average Bonchev–Trinajstić information content (AvgIpc) is 2.94. The lowest BCUT2D eigenvalue weighted by Crippen LogP contribution is -2.47. The van der Waals surface area contributed by atoms with Crippen molar-refractivity contribution in [3.63, 3.8) is 0 Å². The zero-order chi connectivity index (χ0) is 19.3. The van der Waals surface area contributed by atoms with Crippen LogP contribution in [0, 0.1) is 17.0 Å². The Balaban J connectivity index is 1.78. The second kappa shape index (κ2) is 6.62. The molecule has 1 amide bonds. The number of benzene rings is 2. The first-order chi connectivity index (χ1) is 12.9. The van der Waals surface area contributed by atoms with Gasteiger partial charge in [0.1, 0.15) is 5.02 Å². The van der Waals surface area contributed by atoms with Crippen LogP contribution in [0.5, 0.6) is 0 Å². The third kappa shape index (κ3) is 2.99. The van der Waals surface area contributed by atoms with E-state index in [0.29, 0.717) is 0 Å². The molecule has 27 heavy (non-hydrogen) atoms. The number of carbonyl (C=O) groups is 1. The molecule has 2 atom stereocenters. The van der Waals surface area contributed by atoms with Crippen LogP contribution in [0.3, 0.4) is 0 Å². The molecule has 0 bridgehead atoms. The van der Waals surface area contributed by atoms with Crippen molar-refractivity contribution in [2.45, 2.75) is 25.3 Å². The minimum atomic E-state index is -0.557. The molecule has 0 N–H and O–H groups in total. The molecule has 0 aromatic heterocycles. The monoisotopic (exact) mass is 385 g/mol. The number of carbonyl (C=O) groups excluding carboxylic acids is 1. The average molecular weight is 386 g/mol. The summed E-state index contributed by atoms with van der Waals surface area (Å²) in [6.07, 6.45) is 0.871. The number of aryl methyl sites for hydroxylation is 1. The van der Waals surface area contributed by atoms with Crippen LogP contribution in [0.4, 0.5) is 11.4 Å². The second-order valence-electron chi connectivity index (χ2n) is 7.39. The van der Waals surface area contributed by atoms with E-state index in [9.17, 15) is 14.9 Å². The van der Waals surface area contributed by atoms with Crippen molar-refractivity contribution in [1.82, 2.24) is 4.90 Å². The summed E-state index contributed by atoms with van der Waals surface area (Å²) in [7, 11) is 2.10. The fourth-order valence-electron chi connectivity index (χ4n) is 4.27. The molecule has 0 aliphatic carbocycles. The number of piperidine rings is 1. The lowest BCUT2D eigenvalue weighted by Gasteiger charge is -2.36. The SMILES string of the molecule is Cc1ccc2c(c1)[C@H]1CN(C)CC[C@@H]1N2C(=O)c1ccc(Cl)c([N+](=O)[O-])c1. The maximum Gasteiger partial charge on any atom is 0.288 e. The Morgan fingerprint density at radius 1 is 1.26 bits per heavy atom. The van der Waals surface area contributed by atoms with Crippen LogP contribution >= 0.6 is 11.6 Å². The van der Waals surface area contributed by atoms with Gasteiger partial charge in [0.25, 0.3) is 11.6 Å². The van der Waals surface area contributed by atoms with E-state index in [0.717, 1.165) is 30.8 Å². The topological polar surface area (TPSA) is 66.7 Å². The number of hydrogen-bond acceptors (Lipinski definition) is 4. The number of likely N-dealkylation sites (N-methyl/N-ethyl adjacent to an activating group) is 1. The number of fused-ring (bicyclic) bond motifs is 3. The summed E-state index contributed by atoms with van der Waals surface area (Å²) in [6, 6.07) is 10.5. The normalized spacial score (nSPS) is 21.7. The minimum absolute atomic E-state index is 0.0335. The van der Waals surface area contributed by atoms with E-state index < -0.39 is 4.92 Å². The van der Waals surface area contributed by atoms with Gasteiger partial charge in [-0.25, -0.2) is 0 Å². The van der Waals surface area contributed by atoms with Crippen molar-refractivity contribution in [3.8, 4) is 0 Å². The summed E-state index contributed by atoms with van der Waals surface area (Å²) in [6.45, 7) is 3.86. The molecule has 2 heterocycles. The molecule has 2 aromatic carbocycles. The fraction of sp³-hybridized carbons (Fsp3) is 0.350. The van der Waals surface area contributed by atoms with Gasteiger partial charge in [-0.1, -0.05) is 29.3 Å². The second-order valence-corrected chi connectivity index (χ2v) is 7.79. The predicted molar refractivity (Wildman–Crippen MR) is 105 cm³/mol. The highest BCUT2D eigenvalue weighted by molar-refractivity contribution is 6.32. The quantitative estimate of drug-likeness (QED) is 0.578. The van der Waals surface area contributed by atoms with E-state index in [1.165, 1.54) is 17.7 Å². The molecule has 0 spiro atoms. The number of rotatable bonds is 2. The van der Waals surface area contributed by atoms with E-state index in [4.69, 9.17) is 11.6 Å². The smallest absolute Gasteiger partial charge is 0.288 e. The lowest BCUT2D eigenvalue weighted by molar-refractivity contribution is -0.384. The molecule has 2 aliphatic heterocycles. The van der Waals surface area contributed by atoms with Gasteiger partial charge in [0.05, 0.1) is 4.92 Å². The highest BCUT2D eigenvalue weighted by atomic mass is 35.5. The van der Waals surface area contributed by atoms with Crippen molar-refractivity contribution in [2.24, 2.45) is 0 Å². The van der Waals surface area contributed by atoms with E-state index in [1.54, 1.807) is 6.07 Å². The number of halogens is 1. The first-order valence-corrected chi connectivity index (χ1v) is 9.31. The Labute approximate surface area is 162 Å². The van der Waals surface area contributed by atoms with Gasteiger partial charge in [-0.05, 0) is 50.7 Å². The summed E-state index contributed by atoms with van der Waals surface area (Å²) in [4.78, 5) is 28.1. The van der Waals surface area contributed by atoms with Gasteiger partial charge < -0.3 is 9.80 Å². The predicted octanol–water partition coefficient (Wildman–Crippen LogP) is 4.00. The molecule has 1 saturated heterocycles. The molecule has 2 aromatic rings. The molecule has 7 heteroatoms. The zero-order valence-corrected chi connectivity index (χ0v) is 15.9. The van der Waals surface area contributed by atoms with Gasteiger partial charge in [-0.3, -0.25) is 14.9 Å². The number of amides is 1. The van der Waals surface area contributed by atoms with Gasteiger partial charge in [-0.2, -0.15) is 0 Å². The molecule has 0 unspecified atom stereocenters. The Morgan fingerprint density at radius 3 is 2.78 bits per heavy atom. The van der Waals surface area contributed by atoms with Crippen LogP contribution in [0.15, 0.2) is 36.4 Å². The molecule has 0 radical (unpaired) electrons. The van der Waals surface area contributed by atoms with Gasteiger partial charge >= 0.3 is 0 Å². The molecule has 6 nitrogen and oxygen atoms in total. The third-order valence-electron chi connectivity index (χ3n) is 5.56. The molecule has 140 valence electrons. The van der Waals surface area contributed by atoms with Crippen molar-refractivity contribution in [1.29, 1.82) is 0 Å². The lowest BCUT2D eigenvalue weighted by atomic mass is 9.88. The highest BCUT2D eigenvalue weighted by Gasteiger charge is 2.44. The Morgan fingerprint density at radius 2 is 2.04 bits per heavy atom. The molecule has 1 fully saturated rings. The van der Waals surface area contributed by atoms with E-state index in [-0.39, 0.29) is 34.1 Å². The zero-order valence-electron chi connectivity index (χ0n) is 15.2. The molecule has 4 rings (SSSR count). The molecular weight excluding hydrogens is 366 g/mol. The number of nitro benzene ring substituents is 1. The fourth-order valence-corrected chi connectivity index (χ4v) is 4.46. The summed E-state index contributed by atoms with van der Waals surface area (Å²) < 4.78 is 0. The minimum Gasteiger partial charge on any atom is -0.306 e. The maximum atomic E-state index is 13.4. The van der Waals surface area contributed by atoms with E-state index >= 15 is 0 Å². The largest absolute Gasteiger partial charge is 0.306 e. The van der Waals surface area contributed by atoms with Crippen LogP contribution in [0.25, 0.3) is 0 Å². The summed E-state index contributed by atoms with van der Waals surface area (Å²) in [5.41, 5.74) is 3.30. The summed E-state index contributed by atoms with van der Waals surface area (Å²) in [5.74, 6) is 0.0433. The standard InChI is InChI=1S/C20H20ClN3O3/c1-12-3-6-17-14(9-12)15-11-22(2)8-7-18(15)23(17)20(25)13-4-5-16(21)19(10-13)24(26)27/h3-6,9-10,15,18H,7-8,11H2,1-2H3/t15-,18+/m1/s1. The van der Waals surface area contributed by atoms with Crippen molar-refractivity contribution in [3.05, 3.63) is 68.2 Å². The van der Waals surface area contributed by atoms with Crippen LogP contribution in [0.2, 0.25) is 5.02 Å². The van der Waals surface area contributed by atoms with Gasteiger partial charge in [0, 0.05) is 35.8 Å². The number of hydrogen-bond donors (Lipinski definition) is 0. The first kappa shape index (κ1) is 17.9. The van der Waals surface area contributed by atoms with E-state index in [1.807, 2.05) is 17.0 Å². The number of nitro groups is 1. The van der Waals surface area contributed by atoms with Crippen molar-refractivity contribution >= 4 is 28.9 Å². The molecule has 2 aliphatic rings.